The van der Waals surface area contributed by atoms with Crippen molar-refractivity contribution in [1.82, 2.24) is 25.3 Å². The molecule has 0 radical (unpaired) electrons. The van der Waals surface area contributed by atoms with Crippen LogP contribution in [-0.4, -0.2) is 25.9 Å². The van der Waals surface area contributed by atoms with Crippen LogP contribution in [0.25, 0.3) is 5.69 Å². The number of nitrogens with one attached hydrogen (secondary N) is 2. The first-order chi connectivity index (χ1) is 15.9. The van der Waals surface area contributed by atoms with E-state index < -0.39 is 0 Å². The lowest BCUT2D eigenvalue weighted by Gasteiger charge is -2.24. The number of carbonyl (C=O) groups is 1. The zero-order chi connectivity index (χ0) is 23.0. The number of rotatable bonds is 5. The van der Waals surface area contributed by atoms with E-state index in [1.54, 1.807) is 0 Å². The number of aromatic amines is 1. The summed E-state index contributed by atoms with van der Waals surface area (Å²) in [5.74, 6) is 0.0997. The van der Waals surface area contributed by atoms with Gasteiger partial charge in [-0.25, -0.2) is 4.68 Å². The van der Waals surface area contributed by atoms with Crippen LogP contribution >= 0.6 is 0 Å². The minimum Gasteiger partial charge on any atom is -0.349 e. The highest BCUT2D eigenvalue weighted by Gasteiger charge is 2.26. The molecule has 2 N–H and O–H groups in total. The Balaban J connectivity index is 1.26. The Morgan fingerprint density at radius 3 is 2.70 bits per heavy atom. The van der Waals surface area contributed by atoms with Crippen LogP contribution in [-0.2, 0) is 35.9 Å². The van der Waals surface area contributed by atoms with Gasteiger partial charge in [0.2, 0.25) is 5.91 Å². The second-order valence-corrected chi connectivity index (χ2v) is 10.6. The molecule has 6 heteroatoms. The second kappa shape index (κ2) is 8.81. The molecule has 1 unspecified atom stereocenters. The monoisotopic (exact) mass is 445 g/mol. The van der Waals surface area contributed by atoms with E-state index in [0.717, 1.165) is 49.0 Å². The van der Waals surface area contributed by atoms with Crippen LogP contribution in [0.15, 0.2) is 30.5 Å². The molecular formula is C27H35N5O. The molecule has 2 aliphatic carbocycles. The Kier molecular flexibility index (Phi) is 5.85. The van der Waals surface area contributed by atoms with Crippen LogP contribution < -0.4 is 5.32 Å². The van der Waals surface area contributed by atoms with Crippen molar-refractivity contribution in [3.63, 3.8) is 0 Å². The topological polar surface area (TPSA) is 75.6 Å². The maximum absolute atomic E-state index is 12.8. The van der Waals surface area contributed by atoms with Gasteiger partial charge >= 0.3 is 0 Å². The third-order valence-electron chi connectivity index (χ3n) is 7.23. The van der Waals surface area contributed by atoms with Gasteiger partial charge in [0.15, 0.2) is 0 Å². The zero-order valence-electron chi connectivity index (χ0n) is 20.1. The molecule has 3 aromatic rings. The molecule has 5 rings (SSSR count). The minimum absolute atomic E-state index is 0.0388. The van der Waals surface area contributed by atoms with Gasteiger partial charge < -0.3 is 5.32 Å². The maximum atomic E-state index is 12.8. The first-order valence-electron chi connectivity index (χ1n) is 12.4. The number of nitrogens with zero attached hydrogens (tertiary/aromatic N) is 3. The molecule has 0 aliphatic heterocycles. The lowest BCUT2D eigenvalue weighted by molar-refractivity contribution is -0.121. The Hall–Kier alpha value is -2.89. The van der Waals surface area contributed by atoms with Crippen LogP contribution in [0.5, 0.6) is 0 Å². The summed E-state index contributed by atoms with van der Waals surface area (Å²) in [7, 11) is 0. The van der Waals surface area contributed by atoms with E-state index in [2.05, 4.69) is 65.2 Å². The summed E-state index contributed by atoms with van der Waals surface area (Å²) in [6.07, 6.45) is 10.8. The van der Waals surface area contributed by atoms with E-state index in [1.807, 2.05) is 6.20 Å². The van der Waals surface area contributed by atoms with Crippen molar-refractivity contribution in [3.05, 3.63) is 64.2 Å². The van der Waals surface area contributed by atoms with Gasteiger partial charge in [0.1, 0.15) is 0 Å². The molecule has 0 saturated carbocycles. The van der Waals surface area contributed by atoms with Gasteiger partial charge in [-0.05, 0) is 73.6 Å². The molecule has 2 heterocycles. The number of benzene rings is 1. The van der Waals surface area contributed by atoms with Gasteiger partial charge in [0, 0.05) is 29.8 Å². The summed E-state index contributed by atoms with van der Waals surface area (Å²) in [5, 5.41) is 15.7. The van der Waals surface area contributed by atoms with Gasteiger partial charge in [0.05, 0.1) is 23.6 Å². The number of carbonyl (C=O) groups excluding carboxylic acids is 1. The molecule has 0 saturated heterocycles. The third kappa shape index (κ3) is 4.48. The molecular weight excluding hydrogens is 410 g/mol. The molecule has 1 aromatic carbocycles. The summed E-state index contributed by atoms with van der Waals surface area (Å²) < 4.78 is 2.05. The van der Waals surface area contributed by atoms with E-state index >= 15 is 0 Å². The lowest BCUT2D eigenvalue weighted by Crippen LogP contribution is -2.31. The maximum Gasteiger partial charge on any atom is 0.220 e. The number of aryl methyl sites for hydroxylation is 2. The van der Waals surface area contributed by atoms with E-state index in [-0.39, 0.29) is 17.4 Å². The highest BCUT2D eigenvalue weighted by atomic mass is 16.1. The Bertz CT molecular complexity index is 1130. The van der Waals surface area contributed by atoms with Crippen molar-refractivity contribution in [2.24, 2.45) is 0 Å². The normalized spacial score (nSPS) is 18.0. The number of fused-ring (bicyclic) bond motifs is 2. The molecule has 0 bridgehead atoms. The Morgan fingerprint density at radius 1 is 1.12 bits per heavy atom. The Morgan fingerprint density at radius 2 is 1.91 bits per heavy atom. The van der Waals surface area contributed by atoms with Crippen molar-refractivity contribution in [3.8, 4) is 5.69 Å². The molecule has 2 aromatic heterocycles. The number of hydrogen-bond acceptors (Lipinski definition) is 3. The molecule has 33 heavy (non-hydrogen) atoms. The third-order valence-corrected chi connectivity index (χ3v) is 7.23. The fourth-order valence-corrected chi connectivity index (χ4v) is 5.29. The predicted molar refractivity (Wildman–Crippen MR) is 130 cm³/mol. The van der Waals surface area contributed by atoms with E-state index in [0.29, 0.717) is 12.8 Å². The number of aromatic nitrogens is 4. The first kappa shape index (κ1) is 21.9. The standard InChI is InChI=1S/C27H35N5O/c1-27(2,3)18-11-13-19(14-12-18)32-25-10-6-9-22(21(25)17-28-32)29-26(33)16-15-24-20-7-4-5-8-23(20)30-31-24/h11-14,17,22H,4-10,15-16H2,1-3H3,(H,29,33)(H,30,31). The van der Waals surface area contributed by atoms with Crippen molar-refractivity contribution in [2.75, 3.05) is 0 Å². The van der Waals surface area contributed by atoms with E-state index in [1.165, 1.54) is 35.4 Å². The number of amides is 1. The SMILES string of the molecule is CC(C)(C)c1ccc(-n2ncc3c2CCCC3NC(=O)CCc2n[nH]c3c2CCCC3)cc1. The fourth-order valence-electron chi connectivity index (χ4n) is 5.29. The van der Waals surface area contributed by atoms with Gasteiger partial charge in [-0.2, -0.15) is 10.2 Å². The van der Waals surface area contributed by atoms with E-state index in [9.17, 15) is 4.79 Å². The van der Waals surface area contributed by atoms with Crippen molar-refractivity contribution in [2.45, 2.75) is 90.0 Å². The molecule has 6 nitrogen and oxygen atoms in total. The van der Waals surface area contributed by atoms with E-state index in [4.69, 9.17) is 5.10 Å². The molecule has 174 valence electrons. The van der Waals surface area contributed by atoms with Crippen LogP contribution in [0, 0.1) is 0 Å². The zero-order valence-corrected chi connectivity index (χ0v) is 20.1. The summed E-state index contributed by atoms with van der Waals surface area (Å²) in [6.45, 7) is 6.68. The average molecular weight is 446 g/mol. The van der Waals surface area contributed by atoms with Crippen LogP contribution in [0.4, 0.5) is 0 Å². The summed E-state index contributed by atoms with van der Waals surface area (Å²) in [5.41, 5.74) is 8.62. The van der Waals surface area contributed by atoms with Crippen LogP contribution in [0.1, 0.15) is 92.7 Å². The Labute approximate surface area is 196 Å². The van der Waals surface area contributed by atoms with Gasteiger partial charge in [-0.1, -0.05) is 32.9 Å². The smallest absolute Gasteiger partial charge is 0.220 e. The van der Waals surface area contributed by atoms with Crippen molar-refractivity contribution in [1.29, 1.82) is 0 Å². The van der Waals surface area contributed by atoms with Crippen molar-refractivity contribution >= 4 is 5.91 Å². The first-order valence-corrected chi connectivity index (χ1v) is 12.4. The highest BCUT2D eigenvalue weighted by Crippen LogP contribution is 2.32. The number of H-pyrrole nitrogens is 1. The van der Waals surface area contributed by atoms with Gasteiger partial charge in [-0.15, -0.1) is 0 Å². The van der Waals surface area contributed by atoms with Crippen LogP contribution in [0.2, 0.25) is 0 Å². The van der Waals surface area contributed by atoms with Crippen molar-refractivity contribution < 1.29 is 4.79 Å². The largest absolute Gasteiger partial charge is 0.349 e. The van der Waals surface area contributed by atoms with Gasteiger partial charge in [0.25, 0.3) is 0 Å². The lowest BCUT2D eigenvalue weighted by atomic mass is 9.87. The summed E-state index contributed by atoms with van der Waals surface area (Å²) in [4.78, 5) is 12.8. The number of hydrogen-bond donors (Lipinski definition) is 2. The second-order valence-electron chi connectivity index (χ2n) is 10.6. The molecule has 2 aliphatic rings. The molecule has 0 fully saturated rings. The molecule has 1 atom stereocenters. The summed E-state index contributed by atoms with van der Waals surface area (Å²) >= 11 is 0. The van der Waals surface area contributed by atoms with Crippen LogP contribution in [0.3, 0.4) is 0 Å². The predicted octanol–water partition coefficient (Wildman–Crippen LogP) is 4.90. The highest BCUT2D eigenvalue weighted by molar-refractivity contribution is 5.76. The quantitative estimate of drug-likeness (QED) is 0.587. The summed E-state index contributed by atoms with van der Waals surface area (Å²) in [6, 6.07) is 8.73. The van der Waals surface area contributed by atoms with Gasteiger partial charge in [-0.3, -0.25) is 9.89 Å². The fraction of sp³-hybridized carbons (Fsp3) is 0.519. The molecule has 1 amide bonds. The average Bonchev–Trinajstić information content (AvgIpc) is 3.42. The molecule has 0 spiro atoms. The minimum atomic E-state index is 0.0388.